The summed E-state index contributed by atoms with van der Waals surface area (Å²) in [6.07, 6.45) is 0.855. The molecule has 0 aliphatic heterocycles. The lowest BCUT2D eigenvalue weighted by Crippen LogP contribution is -2.28. The monoisotopic (exact) mass is 305 g/mol. The number of aromatic nitrogens is 2. The average Bonchev–Trinajstić information content (AvgIpc) is 2.96. The third-order valence-electron chi connectivity index (χ3n) is 2.86. The molecule has 21 heavy (non-hydrogen) atoms. The maximum atomic E-state index is 12.1. The summed E-state index contributed by atoms with van der Waals surface area (Å²) in [7, 11) is 0. The van der Waals surface area contributed by atoms with Crippen LogP contribution in [0.4, 0.5) is 0 Å². The topological polar surface area (TPSA) is 92.2 Å². The number of carbonyl (C=O) groups excluding carboxylic acids is 1. The summed E-state index contributed by atoms with van der Waals surface area (Å²) >= 11 is 1.55. The van der Waals surface area contributed by atoms with Gasteiger partial charge in [-0.2, -0.15) is 0 Å². The van der Waals surface area contributed by atoms with E-state index in [1.54, 1.807) is 11.3 Å². The predicted octanol–water partition coefficient (Wildman–Crippen LogP) is 2.29. The van der Waals surface area contributed by atoms with Crippen LogP contribution in [0.25, 0.3) is 0 Å². The minimum Gasteiger partial charge on any atom is -0.477 e. The Morgan fingerprint density at radius 1 is 1.33 bits per heavy atom. The first-order valence-electron chi connectivity index (χ1n) is 6.46. The zero-order valence-corrected chi connectivity index (χ0v) is 12.5. The molecule has 2 aromatic rings. The Bertz CT molecular complexity index is 669. The molecule has 7 heteroatoms. The SMILES string of the molecule is CCc1nc(C(C)NC(=O)c2cccc(C(=O)O)n2)cs1. The van der Waals surface area contributed by atoms with Gasteiger partial charge in [0.05, 0.1) is 16.7 Å². The van der Waals surface area contributed by atoms with E-state index in [0.29, 0.717) is 0 Å². The number of hydrogen-bond donors (Lipinski definition) is 2. The van der Waals surface area contributed by atoms with Gasteiger partial charge in [-0.25, -0.2) is 14.8 Å². The third-order valence-corrected chi connectivity index (χ3v) is 3.88. The molecule has 0 radical (unpaired) electrons. The fourth-order valence-corrected chi connectivity index (χ4v) is 2.55. The van der Waals surface area contributed by atoms with Crippen LogP contribution in [-0.2, 0) is 6.42 Å². The molecule has 0 saturated heterocycles. The first-order chi connectivity index (χ1) is 10.0. The van der Waals surface area contributed by atoms with Crippen molar-refractivity contribution in [2.24, 2.45) is 0 Å². The van der Waals surface area contributed by atoms with Crippen molar-refractivity contribution in [2.45, 2.75) is 26.3 Å². The quantitative estimate of drug-likeness (QED) is 0.884. The van der Waals surface area contributed by atoms with E-state index in [0.717, 1.165) is 17.1 Å². The van der Waals surface area contributed by atoms with Crippen molar-refractivity contribution in [3.05, 3.63) is 45.7 Å². The number of amides is 1. The molecule has 0 fully saturated rings. The molecule has 0 aliphatic carbocycles. The highest BCUT2D eigenvalue weighted by Crippen LogP contribution is 2.17. The second kappa shape index (κ2) is 6.45. The fourth-order valence-electron chi connectivity index (χ4n) is 1.71. The molecule has 1 amide bonds. The minimum absolute atomic E-state index is 0.0766. The number of carbonyl (C=O) groups is 2. The molecule has 6 nitrogen and oxygen atoms in total. The molecule has 0 aromatic carbocycles. The van der Waals surface area contributed by atoms with Gasteiger partial charge in [0.1, 0.15) is 11.4 Å². The molecule has 2 N–H and O–H groups in total. The van der Waals surface area contributed by atoms with Gasteiger partial charge in [0.15, 0.2) is 0 Å². The van der Waals surface area contributed by atoms with Gasteiger partial charge < -0.3 is 10.4 Å². The third kappa shape index (κ3) is 3.63. The Hall–Kier alpha value is -2.28. The van der Waals surface area contributed by atoms with Crippen LogP contribution in [0, 0.1) is 0 Å². The Balaban J connectivity index is 2.10. The van der Waals surface area contributed by atoms with Crippen molar-refractivity contribution in [1.29, 1.82) is 0 Å². The number of aryl methyl sites for hydroxylation is 1. The number of carboxylic acids is 1. The molecular weight excluding hydrogens is 290 g/mol. The van der Waals surface area contributed by atoms with Crippen molar-refractivity contribution in [1.82, 2.24) is 15.3 Å². The number of aromatic carboxylic acids is 1. The molecule has 0 aliphatic rings. The van der Waals surface area contributed by atoms with E-state index in [4.69, 9.17) is 5.11 Å². The number of carboxylic acid groups (broad SMARTS) is 1. The lowest BCUT2D eigenvalue weighted by molar-refractivity contribution is 0.0690. The number of hydrogen-bond acceptors (Lipinski definition) is 5. The largest absolute Gasteiger partial charge is 0.477 e. The van der Waals surface area contributed by atoms with Crippen molar-refractivity contribution in [3.63, 3.8) is 0 Å². The Labute approximate surface area is 125 Å². The highest BCUT2D eigenvalue weighted by molar-refractivity contribution is 7.09. The zero-order valence-electron chi connectivity index (χ0n) is 11.7. The van der Waals surface area contributed by atoms with Crippen molar-refractivity contribution < 1.29 is 14.7 Å². The molecule has 1 atom stereocenters. The van der Waals surface area contributed by atoms with Crippen LogP contribution in [-0.4, -0.2) is 27.0 Å². The summed E-state index contributed by atoms with van der Waals surface area (Å²) in [5, 5.41) is 14.6. The van der Waals surface area contributed by atoms with E-state index in [2.05, 4.69) is 15.3 Å². The molecule has 1 unspecified atom stereocenters. The van der Waals surface area contributed by atoms with Crippen LogP contribution in [0.15, 0.2) is 23.6 Å². The Kier molecular flexibility index (Phi) is 4.64. The lowest BCUT2D eigenvalue weighted by Gasteiger charge is -2.11. The fraction of sp³-hybridized carbons (Fsp3) is 0.286. The van der Waals surface area contributed by atoms with E-state index in [1.165, 1.54) is 18.2 Å². The molecule has 2 aromatic heterocycles. The van der Waals surface area contributed by atoms with Crippen LogP contribution in [0.5, 0.6) is 0 Å². The van der Waals surface area contributed by atoms with Gasteiger partial charge in [-0.3, -0.25) is 4.79 Å². The smallest absolute Gasteiger partial charge is 0.354 e. The van der Waals surface area contributed by atoms with E-state index in [1.807, 2.05) is 19.2 Å². The van der Waals surface area contributed by atoms with Crippen molar-refractivity contribution in [2.75, 3.05) is 0 Å². The molecular formula is C14H15N3O3S. The van der Waals surface area contributed by atoms with Crippen LogP contribution in [0.1, 0.15) is 51.6 Å². The second-order valence-corrected chi connectivity index (χ2v) is 5.37. The standard InChI is InChI=1S/C14H15N3O3S/c1-3-12-17-11(7-21-12)8(2)15-13(18)9-5-4-6-10(16-9)14(19)20/h4-8H,3H2,1-2H3,(H,15,18)(H,19,20). The summed E-state index contributed by atoms with van der Waals surface area (Å²) in [6.45, 7) is 3.85. The first kappa shape index (κ1) is 15.1. The molecule has 0 bridgehead atoms. The first-order valence-corrected chi connectivity index (χ1v) is 7.34. The summed E-state index contributed by atoms with van der Waals surface area (Å²) in [4.78, 5) is 31.2. The molecule has 110 valence electrons. The number of nitrogens with one attached hydrogen (secondary N) is 1. The summed E-state index contributed by atoms with van der Waals surface area (Å²) in [5.74, 6) is -1.58. The van der Waals surface area contributed by atoms with Gasteiger partial charge >= 0.3 is 5.97 Å². The Morgan fingerprint density at radius 2 is 2.05 bits per heavy atom. The predicted molar refractivity (Wildman–Crippen MR) is 78.6 cm³/mol. The van der Waals surface area contributed by atoms with E-state index >= 15 is 0 Å². The molecule has 0 spiro atoms. The molecule has 2 rings (SSSR count). The summed E-state index contributed by atoms with van der Waals surface area (Å²) in [6, 6.07) is 4.06. The van der Waals surface area contributed by atoms with Crippen molar-refractivity contribution >= 4 is 23.2 Å². The number of nitrogens with zero attached hydrogens (tertiary/aromatic N) is 2. The number of rotatable bonds is 5. The summed E-state index contributed by atoms with van der Waals surface area (Å²) in [5.41, 5.74) is 0.713. The molecule has 2 heterocycles. The van der Waals surface area contributed by atoms with Crippen molar-refractivity contribution in [3.8, 4) is 0 Å². The van der Waals surface area contributed by atoms with Gasteiger partial charge in [0.2, 0.25) is 0 Å². The van der Waals surface area contributed by atoms with Crippen LogP contribution in [0.2, 0.25) is 0 Å². The number of pyridine rings is 1. The van der Waals surface area contributed by atoms with Gasteiger partial charge in [-0.15, -0.1) is 11.3 Å². The zero-order chi connectivity index (χ0) is 15.4. The second-order valence-electron chi connectivity index (χ2n) is 4.43. The van der Waals surface area contributed by atoms with Crippen LogP contribution < -0.4 is 5.32 Å². The van der Waals surface area contributed by atoms with Gasteiger partial charge in [0.25, 0.3) is 5.91 Å². The molecule has 0 saturated carbocycles. The van der Waals surface area contributed by atoms with E-state index < -0.39 is 11.9 Å². The normalized spacial score (nSPS) is 11.9. The maximum Gasteiger partial charge on any atom is 0.354 e. The van der Waals surface area contributed by atoms with Gasteiger partial charge in [-0.1, -0.05) is 13.0 Å². The highest BCUT2D eigenvalue weighted by Gasteiger charge is 2.16. The highest BCUT2D eigenvalue weighted by atomic mass is 32.1. The maximum absolute atomic E-state index is 12.1. The van der Waals surface area contributed by atoms with Gasteiger partial charge in [-0.05, 0) is 25.5 Å². The summed E-state index contributed by atoms with van der Waals surface area (Å²) < 4.78 is 0. The van der Waals surface area contributed by atoms with Crippen LogP contribution in [0.3, 0.4) is 0 Å². The Morgan fingerprint density at radius 3 is 2.67 bits per heavy atom. The lowest BCUT2D eigenvalue weighted by atomic mass is 10.2. The minimum atomic E-state index is -1.16. The van der Waals surface area contributed by atoms with Gasteiger partial charge in [0, 0.05) is 5.38 Å². The van der Waals surface area contributed by atoms with E-state index in [9.17, 15) is 9.59 Å². The van der Waals surface area contributed by atoms with E-state index in [-0.39, 0.29) is 17.4 Å². The van der Waals surface area contributed by atoms with Crippen LogP contribution >= 0.6 is 11.3 Å². The average molecular weight is 305 g/mol. The number of thiazole rings is 1.